The lowest BCUT2D eigenvalue weighted by atomic mass is 9.85. The summed E-state index contributed by atoms with van der Waals surface area (Å²) >= 11 is 4.11. The van der Waals surface area contributed by atoms with Crippen molar-refractivity contribution >= 4 is 60.1 Å². The molecule has 0 fully saturated rings. The number of primary amides is 2. The van der Waals surface area contributed by atoms with Gasteiger partial charge < -0.3 is 58.9 Å². The Hall–Kier alpha value is -4.43. The molecular formula is C30H53N9O10S. The van der Waals surface area contributed by atoms with Gasteiger partial charge in [-0.05, 0) is 45.6 Å². The zero-order chi connectivity index (χ0) is 39.0. The summed E-state index contributed by atoms with van der Waals surface area (Å²) in [6.07, 6.45) is -1.19. The number of amides is 8. The summed E-state index contributed by atoms with van der Waals surface area (Å²) < 4.78 is 4.86. The van der Waals surface area contributed by atoms with E-state index in [1.807, 2.05) is 0 Å². The maximum Gasteiger partial charge on any atom is 0.408 e. The van der Waals surface area contributed by atoms with Crippen LogP contribution >= 0.6 is 12.6 Å². The van der Waals surface area contributed by atoms with Gasteiger partial charge in [-0.2, -0.15) is 12.6 Å². The zero-order valence-corrected chi connectivity index (χ0v) is 30.2. The Morgan fingerprint density at radius 2 is 1.42 bits per heavy atom. The van der Waals surface area contributed by atoms with Crippen LogP contribution in [0.4, 0.5) is 4.79 Å². The number of carbonyl (C=O) groups excluding carboxylic acids is 8. The van der Waals surface area contributed by atoms with E-state index in [0.29, 0.717) is 6.42 Å². The Bertz CT molecular complexity index is 1260. The summed E-state index contributed by atoms with van der Waals surface area (Å²) in [6.45, 7) is 12.2. The summed E-state index contributed by atoms with van der Waals surface area (Å²) in [5.41, 5.74) is 13.5. The van der Waals surface area contributed by atoms with Crippen LogP contribution in [0.25, 0.3) is 0 Å². The molecule has 0 aromatic carbocycles. The first-order valence-electron chi connectivity index (χ1n) is 15.7. The number of nitrogens with one attached hydrogen (secondary N) is 6. The normalized spacial score (nSPS) is 15.0. The Kier molecular flexibility index (Phi) is 19.1. The fourth-order valence-corrected chi connectivity index (χ4v) is 4.42. The number of ether oxygens (including phenoxy) is 1. The van der Waals surface area contributed by atoms with E-state index in [1.54, 1.807) is 20.8 Å². The van der Waals surface area contributed by atoms with Crippen LogP contribution < -0.4 is 49.1 Å². The number of aliphatic hydroxyl groups excluding tert-OH is 1. The van der Waals surface area contributed by atoms with Gasteiger partial charge in [0, 0.05) is 5.75 Å². The van der Waals surface area contributed by atoms with Crippen molar-refractivity contribution in [3.63, 3.8) is 0 Å². The van der Waals surface area contributed by atoms with Crippen LogP contribution in [0.2, 0.25) is 0 Å². The SMILES string of the molecule is C=CCOC(=O)N[C@@H](CCCN)C(=O)NC(C)(C)C(=O)N[C@@H](CC(N)=O)C(=O)N[C@@H](CS)C(=O)N[C@H](C(=O)N[C@H](C(N)=O)[C@@H](C)O)C(C)(C)C. The number of rotatable bonds is 21. The lowest BCUT2D eigenvalue weighted by Gasteiger charge is -2.33. The minimum absolute atomic E-state index is 0.104. The molecule has 0 aliphatic heterocycles. The maximum atomic E-state index is 13.3. The van der Waals surface area contributed by atoms with Crippen LogP contribution in [0, 0.1) is 5.41 Å². The molecule has 20 heteroatoms. The van der Waals surface area contributed by atoms with Gasteiger partial charge in [0.25, 0.3) is 0 Å². The van der Waals surface area contributed by atoms with Crippen molar-refractivity contribution in [1.29, 1.82) is 0 Å². The van der Waals surface area contributed by atoms with E-state index < -0.39 is 101 Å². The molecular weight excluding hydrogens is 678 g/mol. The van der Waals surface area contributed by atoms with Crippen LogP contribution in [0.15, 0.2) is 12.7 Å². The molecule has 13 N–H and O–H groups in total. The minimum Gasteiger partial charge on any atom is -0.445 e. The van der Waals surface area contributed by atoms with Crippen molar-refractivity contribution in [1.82, 2.24) is 31.9 Å². The summed E-state index contributed by atoms with van der Waals surface area (Å²) in [6, 6.07) is -6.94. The van der Waals surface area contributed by atoms with Crippen LogP contribution in [0.3, 0.4) is 0 Å². The topological polar surface area (TPSA) is 316 Å². The highest BCUT2D eigenvalue weighted by Crippen LogP contribution is 2.20. The zero-order valence-electron chi connectivity index (χ0n) is 29.3. The lowest BCUT2D eigenvalue weighted by molar-refractivity contribution is -0.138. The Balaban J connectivity index is 5.94. The fraction of sp³-hybridized carbons (Fsp3) is 0.667. The average Bonchev–Trinajstić information content (AvgIpc) is 2.99. The van der Waals surface area contributed by atoms with E-state index >= 15 is 0 Å². The molecule has 0 rings (SSSR count). The molecule has 0 bridgehead atoms. The quantitative estimate of drug-likeness (QED) is 0.0408. The highest BCUT2D eigenvalue weighted by molar-refractivity contribution is 7.80. The van der Waals surface area contributed by atoms with E-state index in [-0.39, 0.29) is 25.3 Å². The number of thiol groups is 1. The second-order valence-electron chi connectivity index (χ2n) is 13.0. The third-order valence-corrected chi connectivity index (χ3v) is 7.35. The smallest absolute Gasteiger partial charge is 0.408 e. The number of nitrogens with two attached hydrogens (primary N) is 3. The Labute approximate surface area is 296 Å². The van der Waals surface area contributed by atoms with Crippen molar-refractivity contribution in [3.05, 3.63) is 12.7 Å². The molecule has 284 valence electrons. The van der Waals surface area contributed by atoms with Crippen molar-refractivity contribution < 1.29 is 48.2 Å². The monoisotopic (exact) mass is 731 g/mol. The molecule has 0 aromatic heterocycles. The molecule has 19 nitrogen and oxygen atoms in total. The van der Waals surface area contributed by atoms with E-state index in [2.05, 4.69) is 51.1 Å². The number of carbonyl (C=O) groups is 8. The standard InChI is InChI=1S/C30H53N9O10S/c1-8-12-49-28(48)36-16(10-9-11-31)25(45)39-30(6,7)27(47)35-17(13-19(32)41)23(43)34-18(14-50)24(44)38-21(29(3,4)5)26(46)37-20(15(2)40)22(33)42/h8,15-18,20-21,40,50H,1,9-14,31H2,2-7H3,(H2,32,41)(H2,33,42)(H,34,43)(H,35,47)(H,36,48)(H,37,46)(H,38,44)(H,39,45)/t15-,16+,17+,18+,20+,21-/m1/s1. The van der Waals surface area contributed by atoms with Gasteiger partial charge in [-0.1, -0.05) is 33.4 Å². The Morgan fingerprint density at radius 3 is 1.88 bits per heavy atom. The molecule has 50 heavy (non-hydrogen) atoms. The molecule has 0 aliphatic rings. The molecule has 0 heterocycles. The second-order valence-corrected chi connectivity index (χ2v) is 13.4. The predicted octanol–water partition coefficient (Wildman–Crippen LogP) is -3.44. The van der Waals surface area contributed by atoms with Crippen LogP contribution in [-0.2, 0) is 38.3 Å². The first-order chi connectivity index (χ1) is 23.0. The molecule has 0 radical (unpaired) electrons. The van der Waals surface area contributed by atoms with Gasteiger partial charge in [-0.25, -0.2) is 4.79 Å². The predicted molar refractivity (Wildman–Crippen MR) is 185 cm³/mol. The third-order valence-electron chi connectivity index (χ3n) is 6.99. The van der Waals surface area contributed by atoms with Gasteiger partial charge in [0.15, 0.2) is 0 Å². The Morgan fingerprint density at radius 1 is 0.840 bits per heavy atom. The highest BCUT2D eigenvalue weighted by atomic mass is 32.1. The second kappa shape index (κ2) is 20.9. The first kappa shape index (κ1) is 45.6. The molecule has 0 aliphatic carbocycles. The summed E-state index contributed by atoms with van der Waals surface area (Å²) in [5, 5.41) is 24.2. The van der Waals surface area contributed by atoms with Gasteiger partial charge in [-0.3, -0.25) is 33.6 Å². The summed E-state index contributed by atoms with van der Waals surface area (Å²) in [5.74, 6) is -6.78. The van der Waals surface area contributed by atoms with Gasteiger partial charge in [0.05, 0.1) is 12.5 Å². The van der Waals surface area contributed by atoms with Gasteiger partial charge in [-0.15, -0.1) is 0 Å². The van der Waals surface area contributed by atoms with Crippen LogP contribution in [0.5, 0.6) is 0 Å². The van der Waals surface area contributed by atoms with Crippen molar-refractivity contribution in [2.45, 2.75) is 103 Å². The highest BCUT2D eigenvalue weighted by Gasteiger charge is 2.39. The third kappa shape index (κ3) is 15.9. The number of aliphatic hydroxyl groups is 1. The number of alkyl carbamates (subject to hydrolysis) is 1. The number of hydrogen-bond acceptors (Lipinski definition) is 12. The van der Waals surface area contributed by atoms with Crippen LogP contribution in [0.1, 0.15) is 60.8 Å². The largest absolute Gasteiger partial charge is 0.445 e. The molecule has 0 unspecified atom stereocenters. The average molecular weight is 732 g/mol. The summed E-state index contributed by atoms with van der Waals surface area (Å²) in [4.78, 5) is 102. The van der Waals surface area contributed by atoms with Crippen LogP contribution in [-0.4, -0.2) is 113 Å². The van der Waals surface area contributed by atoms with E-state index in [4.69, 9.17) is 21.9 Å². The number of hydrogen-bond donors (Lipinski definition) is 11. The molecule has 0 aromatic rings. The van der Waals surface area contributed by atoms with E-state index in [0.717, 1.165) is 0 Å². The maximum absolute atomic E-state index is 13.3. The molecule has 0 saturated carbocycles. The van der Waals surface area contributed by atoms with Crippen molar-refractivity contribution in [2.75, 3.05) is 18.9 Å². The molecule has 8 amide bonds. The summed E-state index contributed by atoms with van der Waals surface area (Å²) in [7, 11) is 0. The first-order valence-corrected chi connectivity index (χ1v) is 16.3. The molecule has 6 atom stereocenters. The fourth-order valence-electron chi connectivity index (χ4n) is 4.16. The van der Waals surface area contributed by atoms with Gasteiger partial charge in [0.2, 0.25) is 41.4 Å². The van der Waals surface area contributed by atoms with Crippen molar-refractivity contribution in [2.24, 2.45) is 22.6 Å². The van der Waals surface area contributed by atoms with Crippen molar-refractivity contribution in [3.8, 4) is 0 Å². The van der Waals surface area contributed by atoms with E-state index in [1.165, 1.54) is 26.8 Å². The van der Waals surface area contributed by atoms with Gasteiger partial charge >= 0.3 is 6.09 Å². The minimum atomic E-state index is -1.72. The van der Waals surface area contributed by atoms with Gasteiger partial charge in [0.1, 0.15) is 42.4 Å². The molecule has 0 saturated heterocycles. The molecule has 0 spiro atoms. The lowest BCUT2D eigenvalue weighted by Crippen LogP contribution is -2.64. The van der Waals surface area contributed by atoms with E-state index in [9.17, 15) is 43.5 Å².